The molecule has 2 N–H and O–H groups in total. The number of hydrogen-bond acceptors (Lipinski definition) is 8. The predicted octanol–water partition coefficient (Wildman–Crippen LogP) is 12.8. The van der Waals surface area contributed by atoms with Gasteiger partial charge in [0, 0.05) is 70.3 Å². The number of benzene rings is 2. The first-order valence-electron chi connectivity index (χ1n) is 27.8. The van der Waals surface area contributed by atoms with Gasteiger partial charge in [-0.3, -0.25) is 29.1 Å². The van der Waals surface area contributed by atoms with Gasteiger partial charge in [-0.1, -0.05) is 85.7 Å². The number of carbonyl (C=O) groups excluding carboxylic acids is 4. The minimum Gasteiger partial charge on any atom is -0.423 e. The predicted molar refractivity (Wildman–Crippen MR) is 310 cm³/mol. The number of ketones is 4. The van der Waals surface area contributed by atoms with E-state index in [2.05, 4.69) is 120 Å². The highest BCUT2D eigenvalue weighted by atomic mass is 127. The smallest absolute Gasteiger partial charge is 0.423 e. The van der Waals surface area contributed by atoms with Crippen LogP contribution in [0.2, 0.25) is 0 Å². The Morgan fingerprint density at radius 2 is 1.09 bits per heavy atom. The SMILES string of the molecule is C=C[C@@H]1CC2C3CCC4=CC(=O)CCC4=C3[C@@H](c3ccc(-c4cccnc4)cc3)C[C@]2(C)C1C(C)=O.C=C[C@@H]1CC2C3CCC4=CC(=O)CCC4=C3[C@@H](c3ccc(I)cc3)C[C@]2(C)C1C(C)=O.OB(O)c1cccnc1. The van der Waals surface area contributed by atoms with Gasteiger partial charge >= 0.3 is 7.12 Å². The van der Waals surface area contributed by atoms with Gasteiger partial charge in [-0.25, -0.2) is 0 Å². The fraction of sp³-hybridized carbons (Fsp3) is 0.424. The lowest BCUT2D eigenvalue weighted by Crippen LogP contribution is -2.45. The quantitative estimate of drug-likeness (QED) is 0.101. The first kappa shape index (κ1) is 54.0. The Kier molecular flexibility index (Phi) is 15.7. The van der Waals surface area contributed by atoms with E-state index in [0.29, 0.717) is 59.5 Å². The molecule has 10 heteroatoms. The number of aromatic nitrogens is 2. The number of fused-ring (bicyclic) bond motifs is 8. The van der Waals surface area contributed by atoms with Crippen LogP contribution in [0.4, 0.5) is 0 Å². The van der Waals surface area contributed by atoms with E-state index in [1.807, 2.05) is 30.5 Å². The van der Waals surface area contributed by atoms with Gasteiger partial charge in [0.05, 0.1) is 0 Å². The van der Waals surface area contributed by atoms with Gasteiger partial charge in [-0.2, -0.15) is 0 Å². The molecular formula is C66H72BIN2O6. The molecule has 2 heterocycles. The van der Waals surface area contributed by atoms with Crippen LogP contribution in [-0.4, -0.2) is 50.3 Å². The molecule has 8 aliphatic rings. The fourth-order valence-electron chi connectivity index (χ4n) is 16.8. The zero-order valence-electron chi connectivity index (χ0n) is 44.6. The van der Waals surface area contributed by atoms with Crippen LogP contribution in [0.25, 0.3) is 11.1 Å². The molecule has 8 nitrogen and oxygen atoms in total. The summed E-state index contributed by atoms with van der Waals surface area (Å²) >= 11 is 2.37. The number of pyridine rings is 2. The highest BCUT2D eigenvalue weighted by molar-refractivity contribution is 14.1. The van der Waals surface area contributed by atoms with E-state index in [1.165, 1.54) is 48.7 Å². The minimum atomic E-state index is -1.40. The second-order valence-electron chi connectivity index (χ2n) is 23.7. The molecule has 4 aromatic rings. The van der Waals surface area contributed by atoms with Crippen molar-refractivity contribution in [1.82, 2.24) is 9.97 Å². The largest absolute Gasteiger partial charge is 0.490 e. The molecule has 0 amide bonds. The van der Waals surface area contributed by atoms with Crippen LogP contribution >= 0.6 is 22.6 Å². The number of allylic oxidation sites excluding steroid dienone is 10. The lowest BCUT2D eigenvalue weighted by molar-refractivity contribution is -0.127. The molecule has 0 bridgehead atoms. The zero-order chi connectivity index (χ0) is 53.6. The van der Waals surface area contributed by atoms with Crippen molar-refractivity contribution in [1.29, 1.82) is 0 Å². The van der Waals surface area contributed by atoms with E-state index in [4.69, 9.17) is 10.0 Å². The molecule has 0 saturated heterocycles. The molecule has 392 valence electrons. The lowest BCUT2D eigenvalue weighted by atomic mass is 9.51. The van der Waals surface area contributed by atoms with E-state index < -0.39 is 7.12 Å². The molecule has 76 heavy (non-hydrogen) atoms. The standard InChI is InChI=1S/C33H35NO2.C28H31IO2.C5H6BNO2/c1-4-21-17-30-28-13-11-24-16-26(36)12-14-27(24)31(28)29(18-33(30,3)32(21)20(2)35)23-9-7-22(8-10-23)25-6-5-15-34-19-25;1-4-17-14-25-23-11-7-19-13-21(31)10-12-22(19)26(23)24(18-5-8-20(29)9-6-18)15-28(25,3)27(17)16(2)30;8-6(9)5-2-1-3-7-4-5/h4-10,15-16,19,21,28-30,32H,1,11-14,17-18H2,2-3H3;4-6,8-9,13,17,23-25,27H,1,7,10-12,14-15H2,2-3H3;1-4,8-9H/t21-,28?,29-,30?,32?,33+;17-,23?,24-,25?,27?,28+;/m11./s1. The Balaban J connectivity index is 0.000000150. The van der Waals surface area contributed by atoms with Crippen molar-refractivity contribution in [3.05, 3.63) is 183 Å². The number of hydrogen-bond donors (Lipinski definition) is 2. The summed E-state index contributed by atoms with van der Waals surface area (Å²) in [5.74, 6) is 4.42. The summed E-state index contributed by atoms with van der Waals surface area (Å²) < 4.78 is 1.25. The Labute approximate surface area is 463 Å². The summed E-state index contributed by atoms with van der Waals surface area (Å²) in [6.45, 7) is 16.6. The maximum atomic E-state index is 13.0. The van der Waals surface area contributed by atoms with E-state index in [0.717, 1.165) is 69.8 Å². The summed E-state index contributed by atoms with van der Waals surface area (Å²) in [5.41, 5.74) is 14.0. The second-order valence-corrected chi connectivity index (χ2v) is 24.9. The molecule has 0 spiro atoms. The van der Waals surface area contributed by atoms with Gasteiger partial charge in [-0.05, 0) is 228 Å². The number of carbonyl (C=O) groups is 4. The third kappa shape index (κ3) is 10.0. The molecule has 0 aliphatic heterocycles. The average molecular weight is 1130 g/mol. The van der Waals surface area contributed by atoms with Crippen LogP contribution in [0.1, 0.15) is 128 Å². The third-order valence-corrected chi connectivity index (χ3v) is 20.4. The van der Waals surface area contributed by atoms with Gasteiger partial charge in [0.2, 0.25) is 0 Å². The Hall–Kier alpha value is -5.43. The summed E-state index contributed by atoms with van der Waals surface area (Å²) in [4.78, 5) is 58.3. The van der Waals surface area contributed by atoms with Crippen LogP contribution in [-0.2, 0) is 19.2 Å². The minimum absolute atomic E-state index is 0.00121. The van der Waals surface area contributed by atoms with E-state index in [9.17, 15) is 19.2 Å². The second kappa shape index (κ2) is 22.1. The molecule has 4 fully saturated rings. The third-order valence-electron chi connectivity index (χ3n) is 19.7. The fourth-order valence-corrected chi connectivity index (χ4v) is 17.1. The summed E-state index contributed by atoms with van der Waals surface area (Å²) in [5, 5.41) is 17.1. The van der Waals surface area contributed by atoms with Crippen molar-refractivity contribution in [3.63, 3.8) is 0 Å². The van der Waals surface area contributed by atoms with E-state index in [-0.39, 0.29) is 52.0 Å². The summed E-state index contributed by atoms with van der Waals surface area (Å²) in [6.07, 6.45) is 26.0. The normalized spacial score (nSPS) is 31.9. The molecule has 4 saturated carbocycles. The first-order valence-corrected chi connectivity index (χ1v) is 28.8. The van der Waals surface area contributed by atoms with Gasteiger partial charge in [0.15, 0.2) is 11.6 Å². The Morgan fingerprint density at radius 1 is 0.632 bits per heavy atom. The van der Waals surface area contributed by atoms with Crippen molar-refractivity contribution in [2.24, 2.45) is 58.2 Å². The number of Topliss-reactive ketones (excluding diaryl/α,β-unsaturated/α-hetero) is 2. The summed E-state index contributed by atoms with van der Waals surface area (Å²) in [6, 6.07) is 25.3. The first-order chi connectivity index (χ1) is 36.5. The van der Waals surface area contributed by atoms with Crippen molar-refractivity contribution >= 4 is 58.3 Å². The van der Waals surface area contributed by atoms with Crippen LogP contribution in [0.3, 0.4) is 0 Å². The van der Waals surface area contributed by atoms with Crippen LogP contribution < -0.4 is 5.46 Å². The van der Waals surface area contributed by atoms with E-state index in [1.54, 1.807) is 49.5 Å². The molecule has 2 aromatic heterocycles. The number of nitrogens with zero attached hydrogens (tertiary/aromatic N) is 2. The van der Waals surface area contributed by atoms with Crippen LogP contribution in [0.15, 0.2) is 168 Å². The summed E-state index contributed by atoms with van der Waals surface area (Å²) in [7, 11) is -1.40. The molecular weight excluding hydrogens is 1050 g/mol. The highest BCUT2D eigenvalue weighted by Crippen LogP contribution is 2.69. The molecule has 12 rings (SSSR count). The van der Waals surface area contributed by atoms with Crippen LogP contribution in [0, 0.1) is 61.7 Å². The van der Waals surface area contributed by atoms with Crippen molar-refractivity contribution in [2.45, 2.75) is 117 Å². The molecule has 12 atom stereocenters. The maximum Gasteiger partial charge on any atom is 0.490 e. The number of rotatable bonds is 8. The molecule has 2 aromatic carbocycles. The monoisotopic (exact) mass is 1130 g/mol. The van der Waals surface area contributed by atoms with Gasteiger partial charge in [0.25, 0.3) is 0 Å². The van der Waals surface area contributed by atoms with Gasteiger partial charge in [0.1, 0.15) is 11.6 Å². The topological polar surface area (TPSA) is 135 Å². The van der Waals surface area contributed by atoms with Crippen molar-refractivity contribution < 1.29 is 29.2 Å². The van der Waals surface area contributed by atoms with Gasteiger partial charge < -0.3 is 10.0 Å². The Morgan fingerprint density at radius 3 is 1.49 bits per heavy atom. The Bertz CT molecular complexity index is 3050. The van der Waals surface area contributed by atoms with Crippen molar-refractivity contribution in [2.75, 3.05) is 0 Å². The highest BCUT2D eigenvalue weighted by Gasteiger charge is 2.62. The zero-order valence-corrected chi connectivity index (χ0v) is 46.8. The molecule has 6 unspecified atom stereocenters. The maximum absolute atomic E-state index is 13.0. The number of halogens is 1. The molecule has 0 radical (unpaired) electrons. The lowest BCUT2D eigenvalue weighted by Gasteiger charge is -2.52. The van der Waals surface area contributed by atoms with Gasteiger partial charge in [-0.15, -0.1) is 13.2 Å². The average Bonchev–Trinajstić information content (AvgIpc) is 3.93. The van der Waals surface area contributed by atoms with E-state index >= 15 is 0 Å². The van der Waals surface area contributed by atoms with Crippen molar-refractivity contribution in [3.8, 4) is 11.1 Å². The molecule has 8 aliphatic carbocycles. The van der Waals surface area contributed by atoms with Crippen LogP contribution in [0.5, 0.6) is 0 Å².